The number of hydrogen-bond donors (Lipinski definition) is 2. The van der Waals surface area contributed by atoms with Gasteiger partial charge in [0, 0.05) is 17.8 Å². The minimum Gasteiger partial charge on any atom is -0.385 e. The molecule has 0 aliphatic carbocycles. The van der Waals surface area contributed by atoms with E-state index in [4.69, 9.17) is 21.4 Å². The van der Waals surface area contributed by atoms with Gasteiger partial charge in [-0.2, -0.15) is 15.3 Å². The fourth-order valence-electron chi connectivity index (χ4n) is 2.55. The van der Waals surface area contributed by atoms with Crippen molar-refractivity contribution in [2.24, 2.45) is 0 Å². The molecule has 9 nitrogen and oxygen atoms in total. The summed E-state index contributed by atoms with van der Waals surface area (Å²) in [6.45, 7) is 3.52. The summed E-state index contributed by atoms with van der Waals surface area (Å²) < 4.78 is 20.3. The first kappa shape index (κ1) is 20.4. The lowest BCUT2D eigenvalue weighted by Crippen LogP contribution is -2.36. The highest BCUT2D eigenvalue weighted by molar-refractivity contribution is 6.32. The van der Waals surface area contributed by atoms with Gasteiger partial charge in [0.05, 0.1) is 17.3 Å². The van der Waals surface area contributed by atoms with Gasteiger partial charge in [0.15, 0.2) is 0 Å². The summed E-state index contributed by atoms with van der Waals surface area (Å²) in [5.41, 5.74) is 0.678. The van der Waals surface area contributed by atoms with Crippen LogP contribution in [0.25, 0.3) is 11.3 Å². The minimum atomic E-state index is -0.944. The quantitative estimate of drug-likeness (QED) is 0.628. The molecule has 1 aromatic carbocycles. The van der Waals surface area contributed by atoms with Crippen LogP contribution in [0.5, 0.6) is 0 Å². The van der Waals surface area contributed by atoms with Crippen LogP contribution in [0.15, 0.2) is 28.9 Å². The summed E-state index contributed by atoms with van der Waals surface area (Å²) in [6, 6.07) is 5.69. The van der Waals surface area contributed by atoms with E-state index in [2.05, 4.69) is 20.6 Å². The van der Waals surface area contributed by atoms with Crippen LogP contribution < -0.4 is 5.32 Å². The van der Waals surface area contributed by atoms with Gasteiger partial charge >= 0.3 is 11.8 Å². The molecule has 150 valence electrons. The number of carbonyl (C=O) groups excluding carboxylic acids is 1. The molecule has 2 atom stereocenters. The Morgan fingerprint density at radius 2 is 2.24 bits per heavy atom. The second kappa shape index (κ2) is 8.38. The molecule has 3 aromatic rings. The number of nitrogens with one attached hydrogen (secondary N) is 1. The zero-order valence-corrected chi connectivity index (χ0v) is 16.2. The molecule has 0 bridgehead atoms. The number of aliphatic hydroxyl groups is 1. The molecular formula is C18H16ClFN6O3. The number of nitrogens with zero attached hydrogens (tertiary/aromatic N) is 5. The van der Waals surface area contributed by atoms with E-state index >= 15 is 0 Å². The van der Waals surface area contributed by atoms with Crippen molar-refractivity contribution in [3.63, 3.8) is 0 Å². The average molecular weight is 419 g/mol. The SMILES string of the molecule is CC(Cn1ccc(-c2cc(F)c(C#N)c(Cl)c2)n1)NC(=O)c1nc([C@H](C)O)no1. The second-order valence-corrected chi connectivity index (χ2v) is 6.77. The summed E-state index contributed by atoms with van der Waals surface area (Å²) in [4.78, 5) is 16.0. The number of carbonyl (C=O) groups is 1. The third kappa shape index (κ3) is 4.59. The summed E-state index contributed by atoms with van der Waals surface area (Å²) in [5, 5.41) is 28.8. The van der Waals surface area contributed by atoms with Crippen LogP contribution in [0.3, 0.4) is 0 Å². The Morgan fingerprint density at radius 3 is 2.86 bits per heavy atom. The van der Waals surface area contributed by atoms with Gasteiger partial charge in [0.2, 0.25) is 5.82 Å². The third-order valence-corrected chi connectivity index (χ3v) is 4.24. The highest BCUT2D eigenvalue weighted by Gasteiger charge is 2.19. The van der Waals surface area contributed by atoms with E-state index in [9.17, 15) is 14.3 Å². The first-order valence-corrected chi connectivity index (χ1v) is 8.91. The maximum Gasteiger partial charge on any atom is 0.316 e. The molecule has 0 saturated carbocycles. The van der Waals surface area contributed by atoms with Gasteiger partial charge in [-0.05, 0) is 32.0 Å². The smallest absolute Gasteiger partial charge is 0.316 e. The summed E-state index contributed by atoms with van der Waals surface area (Å²) in [7, 11) is 0. The van der Waals surface area contributed by atoms with Gasteiger partial charge < -0.3 is 14.9 Å². The Labute approximate surface area is 169 Å². The molecule has 2 heterocycles. The van der Waals surface area contributed by atoms with E-state index in [0.29, 0.717) is 17.8 Å². The van der Waals surface area contributed by atoms with E-state index in [0.717, 1.165) is 0 Å². The molecule has 0 spiro atoms. The first-order valence-electron chi connectivity index (χ1n) is 8.54. The fourth-order valence-corrected chi connectivity index (χ4v) is 2.80. The zero-order valence-electron chi connectivity index (χ0n) is 15.4. The predicted octanol–water partition coefficient (Wildman–Crippen LogP) is 2.47. The zero-order chi connectivity index (χ0) is 21.1. The number of hydrogen-bond acceptors (Lipinski definition) is 7. The van der Waals surface area contributed by atoms with Crippen LogP contribution in [0.1, 0.15) is 42.0 Å². The van der Waals surface area contributed by atoms with E-state index in [1.165, 1.54) is 19.1 Å². The van der Waals surface area contributed by atoms with Crippen LogP contribution >= 0.6 is 11.6 Å². The van der Waals surface area contributed by atoms with Crippen molar-refractivity contribution in [2.45, 2.75) is 32.5 Å². The second-order valence-electron chi connectivity index (χ2n) is 6.36. The topological polar surface area (TPSA) is 130 Å². The standard InChI is InChI=1S/C18H16ClFN6O3/c1-9(22-17(28)18-23-16(10(2)27)25-29-18)8-26-4-3-15(24-26)11-5-13(19)12(7-21)14(20)6-11/h3-6,9-10,27H,8H2,1-2H3,(H,22,28)/t9?,10-/m0/s1. The summed E-state index contributed by atoms with van der Waals surface area (Å²) in [6.07, 6.45) is 0.723. The van der Waals surface area contributed by atoms with Gasteiger partial charge in [-0.15, -0.1) is 0 Å². The monoisotopic (exact) mass is 418 g/mol. The van der Waals surface area contributed by atoms with E-state index in [1.807, 2.05) is 0 Å². The van der Waals surface area contributed by atoms with E-state index in [-0.39, 0.29) is 28.3 Å². The van der Waals surface area contributed by atoms with Crippen molar-refractivity contribution in [2.75, 3.05) is 0 Å². The lowest BCUT2D eigenvalue weighted by Gasteiger charge is -2.12. The number of nitriles is 1. The molecule has 0 saturated heterocycles. The molecular weight excluding hydrogens is 403 g/mol. The molecule has 1 unspecified atom stereocenters. The maximum atomic E-state index is 13.9. The molecule has 2 N–H and O–H groups in total. The summed E-state index contributed by atoms with van der Waals surface area (Å²) >= 11 is 5.93. The molecule has 0 fully saturated rings. The van der Waals surface area contributed by atoms with Crippen LogP contribution in [0, 0.1) is 17.1 Å². The number of aliphatic hydroxyl groups excluding tert-OH is 1. The van der Waals surface area contributed by atoms with Gasteiger partial charge in [0.25, 0.3) is 0 Å². The van der Waals surface area contributed by atoms with Crippen LogP contribution in [0.4, 0.5) is 4.39 Å². The lowest BCUT2D eigenvalue weighted by molar-refractivity contribution is 0.0891. The highest BCUT2D eigenvalue weighted by atomic mass is 35.5. The Kier molecular flexibility index (Phi) is 5.91. The van der Waals surface area contributed by atoms with Crippen molar-refractivity contribution >= 4 is 17.5 Å². The molecule has 2 aromatic heterocycles. The maximum absolute atomic E-state index is 13.9. The van der Waals surface area contributed by atoms with E-state index in [1.54, 1.807) is 29.9 Å². The summed E-state index contributed by atoms with van der Waals surface area (Å²) in [5.74, 6) is -1.53. The Morgan fingerprint density at radius 1 is 1.48 bits per heavy atom. The molecule has 1 amide bonds. The van der Waals surface area contributed by atoms with Crippen molar-refractivity contribution in [3.8, 4) is 17.3 Å². The lowest BCUT2D eigenvalue weighted by atomic mass is 10.1. The third-order valence-electron chi connectivity index (χ3n) is 3.94. The largest absolute Gasteiger partial charge is 0.385 e. The number of benzene rings is 1. The predicted molar refractivity (Wildman–Crippen MR) is 99.2 cm³/mol. The molecule has 0 radical (unpaired) electrons. The van der Waals surface area contributed by atoms with Gasteiger partial charge in [-0.1, -0.05) is 16.8 Å². The average Bonchev–Trinajstić information content (AvgIpc) is 3.31. The normalized spacial score (nSPS) is 13.0. The minimum absolute atomic E-state index is 0.00815. The number of aromatic nitrogens is 4. The number of rotatable bonds is 6. The van der Waals surface area contributed by atoms with Crippen molar-refractivity contribution in [1.82, 2.24) is 25.2 Å². The Hall–Kier alpha value is -3.29. The Bertz CT molecular complexity index is 1060. The first-order chi connectivity index (χ1) is 13.8. The van der Waals surface area contributed by atoms with Gasteiger partial charge in [0.1, 0.15) is 23.6 Å². The highest BCUT2D eigenvalue weighted by Crippen LogP contribution is 2.26. The van der Waals surface area contributed by atoms with Crippen LogP contribution in [-0.4, -0.2) is 37.0 Å². The number of amides is 1. The van der Waals surface area contributed by atoms with Crippen molar-refractivity contribution in [1.29, 1.82) is 5.26 Å². The van der Waals surface area contributed by atoms with Gasteiger partial charge in [-0.25, -0.2) is 4.39 Å². The van der Waals surface area contributed by atoms with Crippen LogP contribution in [0.2, 0.25) is 5.02 Å². The molecule has 3 rings (SSSR count). The molecule has 29 heavy (non-hydrogen) atoms. The molecule has 0 aliphatic heterocycles. The molecule has 11 heteroatoms. The van der Waals surface area contributed by atoms with Gasteiger partial charge in [-0.3, -0.25) is 9.48 Å². The molecule has 0 aliphatic rings. The van der Waals surface area contributed by atoms with Crippen molar-refractivity contribution < 1.29 is 18.8 Å². The van der Waals surface area contributed by atoms with E-state index < -0.39 is 17.8 Å². The fraction of sp³-hybridized carbons (Fsp3) is 0.278. The Balaban J connectivity index is 1.66. The van der Waals surface area contributed by atoms with Crippen molar-refractivity contribution in [3.05, 3.63) is 52.5 Å². The van der Waals surface area contributed by atoms with Crippen LogP contribution in [-0.2, 0) is 6.54 Å². The number of halogens is 2.